The minimum absolute atomic E-state index is 0.249. The smallest absolute Gasteiger partial charge is 0.245 e. The van der Waals surface area contributed by atoms with Crippen LogP contribution in [0.25, 0.3) is 16.7 Å². The molecule has 0 spiro atoms. The van der Waals surface area contributed by atoms with E-state index < -0.39 is 10.0 Å². The number of piperazine rings is 1. The molecule has 10 heteroatoms. The number of benzene rings is 1. The van der Waals surface area contributed by atoms with E-state index in [0.717, 1.165) is 17.0 Å². The molecule has 0 aliphatic carbocycles. The summed E-state index contributed by atoms with van der Waals surface area (Å²) in [5.41, 5.74) is 0.503. The maximum atomic E-state index is 13.3. The van der Waals surface area contributed by atoms with Gasteiger partial charge >= 0.3 is 0 Å². The van der Waals surface area contributed by atoms with Crippen molar-refractivity contribution in [3.63, 3.8) is 0 Å². The summed E-state index contributed by atoms with van der Waals surface area (Å²) in [6, 6.07) is 10.8. The van der Waals surface area contributed by atoms with E-state index in [9.17, 15) is 8.42 Å². The van der Waals surface area contributed by atoms with E-state index in [2.05, 4.69) is 24.8 Å². The molecule has 3 aromatic heterocycles. The van der Waals surface area contributed by atoms with Gasteiger partial charge in [-0.3, -0.25) is 9.55 Å². The highest BCUT2D eigenvalue weighted by Gasteiger charge is 2.30. The maximum absolute atomic E-state index is 13.3. The summed E-state index contributed by atoms with van der Waals surface area (Å²) in [4.78, 5) is 19.3. The zero-order valence-electron chi connectivity index (χ0n) is 16.0. The number of sulfonamides is 1. The SMILES string of the molecule is O=S(=O)(c1cccc2cccnc12)N1CCN(c2cc(-n3ccnc3)ncn2)CC1. The minimum Gasteiger partial charge on any atom is -0.354 e. The van der Waals surface area contributed by atoms with Crippen LogP contribution in [0.3, 0.4) is 0 Å². The third kappa shape index (κ3) is 3.29. The van der Waals surface area contributed by atoms with Crippen molar-refractivity contribution >= 4 is 26.7 Å². The van der Waals surface area contributed by atoms with Crippen LogP contribution in [0.15, 0.2) is 72.5 Å². The van der Waals surface area contributed by atoms with Gasteiger partial charge in [0.25, 0.3) is 0 Å². The first-order valence-electron chi connectivity index (χ1n) is 9.52. The second kappa shape index (κ2) is 7.47. The molecule has 1 aromatic carbocycles. The number of rotatable bonds is 4. The highest BCUT2D eigenvalue weighted by Crippen LogP contribution is 2.25. The van der Waals surface area contributed by atoms with Crippen LogP contribution < -0.4 is 4.90 Å². The standard InChI is InChI=1S/C20H19N7O2S/c28-30(29,17-5-1-3-16-4-2-6-22-20(16)17)27-11-9-25(10-12-27)18-13-19(24-14-23-18)26-8-7-21-15-26/h1-8,13-15H,9-12H2. The molecule has 0 radical (unpaired) electrons. The van der Waals surface area contributed by atoms with Crippen LogP contribution in [0.4, 0.5) is 5.82 Å². The predicted octanol–water partition coefficient (Wildman–Crippen LogP) is 1.72. The van der Waals surface area contributed by atoms with Gasteiger partial charge in [0.2, 0.25) is 10.0 Å². The molecule has 0 saturated carbocycles. The molecule has 0 unspecified atom stereocenters. The largest absolute Gasteiger partial charge is 0.354 e. The van der Waals surface area contributed by atoms with Gasteiger partial charge in [-0.05, 0) is 12.1 Å². The third-order valence-corrected chi connectivity index (χ3v) is 7.11. The Labute approximate surface area is 173 Å². The van der Waals surface area contributed by atoms with Crippen molar-refractivity contribution in [3.8, 4) is 5.82 Å². The highest BCUT2D eigenvalue weighted by molar-refractivity contribution is 7.89. The fourth-order valence-electron chi connectivity index (χ4n) is 3.63. The summed E-state index contributed by atoms with van der Waals surface area (Å²) in [6.45, 7) is 1.82. The van der Waals surface area contributed by atoms with Gasteiger partial charge in [0.15, 0.2) is 0 Å². The Morgan fingerprint density at radius 1 is 0.867 bits per heavy atom. The van der Waals surface area contributed by atoms with E-state index in [1.807, 2.05) is 24.4 Å². The summed E-state index contributed by atoms with van der Waals surface area (Å²) in [7, 11) is -3.64. The van der Waals surface area contributed by atoms with Crippen LogP contribution >= 0.6 is 0 Å². The zero-order chi connectivity index (χ0) is 20.6. The molecular formula is C20H19N7O2S. The molecule has 1 aliphatic rings. The fourth-order valence-corrected chi connectivity index (χ4v) is 5.21. The molecule has 9 nitrogen and oxygen atoms in total. The number of hydrogen-bond donors (Lipinski definition) is 0. The maximum Gasteiger partial charge on any atom is 0.245 e. The lowest BCUT2D eigenvalue weighted by atomic mass is 10.2. The van der Waals surface area contributed by atoms with E-state index in [-0.39, 0.29) is 4.90 Å². The molecule has 4 aromatic rings. The fraction of sp³-hybridized carbons (Fsp3) is 0.200. The van der Waals surface area contributed by atoms with Crippen LogP contribution in [0.2, 0.25) is 0 Å². The van der Waals surface area contributed by atoms with Gasteiger partial charge in [0, 0.05) is 56.2 Å². The zero-order valence-corrected chi connectivity index (χ0v) is 16.9. The van der Waals surface area contributed by atoms with E-state index in [0.29, 0.717) is 31.7 Å². The molecule has 1 saturated heterocycles. The lowest BCUT2D eigenvalue weighted by molar-refractivity contribution is 0.384. The second-order valence-electron chi connectivity index (χ2n) is 6.93. The molecule has 0 bridgehead atoms. The van der Waals surface area contributed by atoms with Gasteiger partial charge in [0.05, 0.1) is 5.52 Å². The topological polar surface area (TPSA) is 97.1 Å². The lowest BCUT2D eigenvalue weighted by Gasteiger charge is -2.34. The summed E-state index contributed by atoms with van der Waals surface area (Å²) in [6.07, 6.45) is 8.30. The molecule has 1 aliphatic heterocycles. The molecule has 152 valence electrons. The summed E-state index contributed by atoms with van der Waals surface area (Å²) < 4.78 is 29.9. The third-order valence-electron chi connectivity index (χ3n) is 5.18. The van der Waals surface area contributed by atoms with E-state index in [1.54, 1.807) is 41.5 Å². The summed E-state index contributed by atoms with van der Waals surface area (Å²) in [5.74, 6) is 1.48. The Kier molecular flexibility index (Phi) is 4.64. The molecule has 0 N–H and O–H groups in total. The van der Waals surface area contributed by atoms with E-state index >= 15 is 0 Å². The molecule has 30 heavy (non-hydrogen) atoms. The number of hydrogen-bond acceptors (Lipinski definition) is 7. The van der Waals surface area contributed by atoms with Gasteiger partial charge in [-0.15, -0.1) is 0 Å². The Morgan fingerprint density at radius 3 is 2.47 bits per heavy atom. The average Bonchev–Trinajstić information content (AvgIpc) is 3.34. The van der Waals surface area contributed by atoms with Crippen molar-refractivity contribution in [2.45, 2.75) is 4.90 Å². The second-order valence-corrected chi connectivity index (χ2v) is 8.83. The number of fused-ring (bicyclic) bond motifs is 1. The highest BCUT2D eigenvalue weighted by atomic mass is 32.2. The van der Waals surface area contributed by atoms with Gasteiger partial charge in [-0.1, -0.05) is 18.2 Å². The Bertz CT molecular complexity index is 1280. The van der Waals surface area contributed by atoms with Crippen LogP contribution in [0.1, 0.15) is 0 Å². The molecule has 0 atom stereocenters. The van der Waals surface area contributed by atoms with Crippen molar-refractivity contribution in [1.29, 1.82) is 0 Å². The van der Waals surface area contributed by atoms with Crippen LogP contribution in [-0.4, -0.2) is 63.4 Å². The van der Waals surface area contributed by atoms with Crippen molar-refractivity contribution in [1.82, 2.24) is 28.8 Å². The molecular weight excluding hydrogens is 402 g/mol. The van der Waals surface area contributed by atoms with Crippen LogP contribution in [0, 0.1) is 0 Å². The van der Waals surface area contributed by atoms with Gasteiger partial charge in [0.1, 0.15) is 29.2 Å². The number of aromatic nitrogens is 5. The molecule has 1 fully saturated rings. The van der Waals surface area contributed by atoms with Crippen LogP contribution in [0.5, 0.6) is 0 Å². The van der Waals surface area contributed by atoms with Crippen LogP contribution in [-0.2, 0) is 10.0 Å². The number of nitrogens with zero attached hydrogens (tertiary/aromatic N) is 7. The lowest BCUT2D eigenvalue weighted by Crippen LogP contribution is -2.49. The van der Waals surface area contributed by atoms with Crippen molar-refractivity contribution in [2.75, 3.05) is 31.1 Å². The number of anilines is 1. The Balaban J connectivity index is 1.36. The number of imidazole rings is 1. The Morgan fingerprint density at radius 2 is 1.67 bits per heavy atom. The predicted molar refractivity (Wildman–Crippen MR) is 112 cm³/mol. The first-order chi connectivity index (χ1) is 14.6. The normalized spacial score (nSPS) is 15.5. The molecule has 0 amide bonds. The first-order valence-corrected chi connectivity index (χ1v) is 11.0. The van der Waals surface area contributed by atoms with Gasteiger partial charge < -0.3 is 4.90 Å². The van der Waals surface area contributed by atoms with Crippen molar-refractivity contribution in [3.05, 3.63) is 67.6 Å². The average molecular weight is 421 g/mol. The summed E-state index contributed by atoms with van der Waals surface area (Å²) >= 11 is 0. The molecule has 5 rings (SSSR count). The van der Waals surface area contributed by atoms with E-state index in [1.165, 1.54) is 10.6 Å². The van der Waals surface area contributed by atoms with E-state index in [4.69, 9.17) is 0 Å². The quantitative estimate of drug-likeness (QED) is 0.495. The number of pyridine rings is 1. The van der Waals surface area contributed by atoms with Gasteiger partial charge in [-0.2, -0.15) is 4.31 Å². The minimum atomic E-state index is -3.64. The Hall–Kier alpha value is -3.37. The monoisotopic (exact) mass is 421 g/mol. The van der Waals surface area contributed by atoms with Crippen molar-refractivity contribution < 1.29 is 8.42 Å². The molecule has 4 heterocycles. The summed E-state index contributed by atoms with van der Waals surface area (Å²) in [5, 5.41) is 0.810. The first kappa shape index (κ1) is 18.6. The number of para-hydroxylation sites is 1. The van der Waals surface area contributed by atoms with Gasteiger partial charge in [-0.25, -0.2) is 23.4 Å². The van der Waals surface area contributed by atoms with Crippen molar-refractivity contribution in [2.24, 2.45) is 0 Å².